The van der Waals surface area contributed by atoms with Crippen molar-refractivity contribution >= 4 is 34.8 Å². The number of carbonyl (C=O) groups excluding carboxylic acids is 1. The Morgan fingerprint density at radius 2 is 2.30 bits per heavy atom. The monoisotopic (exact) mass is 308 g/mol. The number of hydrogen-bond donors (Lipinski definition) is 1. The quantitative estimate of drug-likeness (QED) is 0.520. The molecular weight excluding hydrogens is 292 g/mol. The van der Waals surface area contributed by atoms with Crippen LogP contribution in [-0.2, 0) is 10.5 Å². The molecule has 6 heteroatoms. The second kappa shape index (κ2) is 6.76. The summed E-state index contributed by atoms with van der Waals surface area (Å²) >= 11 is 2.93. The number of aromatic nitrogens is 1. The van der Waals surface area contributed by atoms with Crippen LogP contribution in [0.1, 0.15) is 28.0 Å². The molecule has 0 radical (unpaired) electrons. The van der Waals surface area contributed by atoms with Gasteiger partial charge < -0.3 is 10.5 Å². The van der Waals surface area contributed by atoms with Crippen molar-refractivity contribution in [2.75, 3.05) is 12.3 Å². The minimum atomic E-state index is -0.358. The number of benzene rings is 1. The smallest absolute Gasteiger partial charge is 0.367 e. The van der Waals surface area contributed by atoms with Gasteiger partial charge >= 0.3 is 5.97 Å². The molecule has 0 aliphatic heterocycles. The van der Waals surface area contributed by atoms with Crippen LogP contribution in [0.2, 0.25) is 0 Å². The fourth-order valence-electron chi connectivity index (χ4n) is 1.58. The van der Waals surface area contributed by atoms with Gasteiger partial charge in [-0.1, -0.05) is 6.07 Å². The first-order valence-corrected chi connectivity index (χ1v) is 8.07. The Balaban J connectivity index is 2.01. The lowest BCUT2D eigenvalue weighted by atomic mass is 10.2. The second-order valence-electron chi connectivity index (χ2n) is 4.19. The van der Waals surface area contributed by atoms with Crippen LogP contribution in [0.4, 0.5) is 5.69 Å². The summed E-state index contributed by atoms with van der Waals surface area (Å²) in [5.74, 6) is 0.327. The predicted octanol–water partition coefficient (Wildman–Crippen LogP) is 3.50. The number of thiazole rings is 1. The topological polar surface area (TPSA) is 65.2 Å². The maximum atomic E-state index is 11.5. The zero-order valence-corrected chi connectivity index (χ0v) is 13.0. The van der Waals surface area contributed by atoms with Gasteiger partial charge in [-0.3, -0.25) is 0 Å². The van der Waals surface area contributed by atoms with E-state index in [-0.39, 0.29) is 5.97 Å². The molecule has 0 amide bonds. The number of nitrogens with two attached hydrogens (primary N) is 1. The third-order valence-electron chi connectivity index (χ3n) is 2.55. The molecule has 2 rings (SSSR count). The van der Waals surface area contributed by atoms with Crippen molar-refractivity contribution in [2.24, 2.45) is 0 Å². The van der Waals surface area contributed by atoms with Crippen molar-refractivity contribution < 1.29 is 9.53 Å². The summed E-state index contributed by atoms with van der Waals surface area (Å²) < 4.78 is 4.92. The summed E-state index contributed by atoms with van der Waals surface area (Å²) in [5, 5.41) is 2.28. The molecule has 1 aromatic carbocycles. The zero-order chi connectivity index (χ0) is 14.5. The highest BCUT2D eigenvalue weighted by Crippen LogP contribution is 2.29. The summed E-state index contributed by atoms with van der Waals surface area (Å²) in [6, 6.07) is 5.95. The third-order valence-corrected chi connectivity index (χ3v) is 4.52. The van der Waals surface area contributed by atoms with Crippen molar-refractivity contribution in [3.8, 4) is 0 Å². The van der Waals surface area contributed by atoms with E-state index in [1.165, 1.54) is 16.9 Å². The number of hydrogen-bond acceptors (Lipinski definition) is 6. The van der Waals surface area contributed by atoms with E-state index in [9.17, 15) is 4.79 Å². The lowest BCUT2D eigenvalue weighted by Gasteiger charge is -2.05. The molecule has 0 aliphatic carbocycles. The van der Waals surface area contributed by atoms with Gasteiger partial charge in [0.15, 0.2) is 0 Å². The van der Waals surface area contributed by atoms with Crippen LogP contribution in [0.5, 0.6) is 0 Å². The van der Waals surface area contributed by atoms with Crippen molar-refractivity contribution in [3.63, 3.8) is 0 Å². The highest BCUT2D eigenvalue weighted by Gasteiger charge is 2.12. The Morgan fingerprint density at radius 3 is 3.05 bits per heavy atom. The molecule has 1 aromatic heterocycles. The molecule has 0 unspecified atom stereocenters. The fourth-order valence-corrected chi connectivity index (χ4v) is 3.35. The molecule has 0 bridgehead atoms. The van der Waals surface area contributed by atoms with Gasteiger partial charge in [-0.2, -0.15) is 0 Å². The molecular formula is C14H16N2O2S2. The largest absolute Gasteiger partial charge is 0.461 e. The maximum Gasteiger partial charge on any atom is 0.367 e. The second-order valence-corrected chi connectivity index (χ2v) is 6.07. The minimum Gasteiger partial charge on any atom is -0.461 e. The minimum absolute atomic E-state index is 0.358. The van der Waals surface area contributed by atoms with Crippen LogP contribution in [0.15, 0.2) is 28.5 Å². The van der Waals surface area contributed by atoms with Gasteiger partial charge in [0.2, 0.25) is 5.01 Å². The van der Waals surface area contributed by atoms with Crippen LogP contribution in [-0.4, -0.2) is 17.6 Å². The van der Waals surface area contributed by atoms with E-state index in [2.05, 4.69) is 11.1 Å². The van der Waals surface area contributed by atoms with Crippen LogP contribution in [0.3, 0.4) is 0 Å². The van der Waals surface area contributed by atoms with Gasteiger partial charge in [0, 0.05) is 21.7 Å². The first-order chi connectivity index (χ1) is 9.60. The molecule has 106 valence electrons. The summed E-state index contributed by atoms with van der Waals surface area (Å²) in [4.78, 5) is 16.8. The van der Waals surface area contributed by atoms with Gasteiger partial charge in [-0.15, -0.1) is 23.1 Å². The van der Waals surface area contributed by atoms with E-state index >= 15 is 0 Å². The first-order valence-electron chi connectivity index (χ1n) is 6.20. The molecule has 2 N–H and O–H groups in total. The standard InChI is InChI=1S/C14H16N2O2S2/c1-3-18-14(17)13-16-10(8-20-13)7-19-12-6-9(2)4-5-11(12)15/h4-6,8H,3,7,15H2,1-2H3. The molecule has 2 aromatic rings. The van der Waals surface area contributed by atoms with E-state index in [4.69, 9.17) is 10.5 Å². The third kappa shape index (κ3) is 3.74. The normalized spacial score (nSPS) is 10.5. The predicted molar refractivity (Wildman–Crippen MR) is 83.2 cm³/mol. The highest BCUT2D eigenvalue weighted by atomic mass is 32.2. The number of nitrogens with zero attached hydrogens (tertiary/aromatic N) is 1. The highest BCUT2D eigenvalue weighted by molar-refractivity contribution is 7.98. The lowest BCUT2D eigenvalue weighted by molar-refractivity contribution is 0.0525. The summed E-state index contributed by atoms with van der Waals surface area (Å²) in [5.41, 5.74) is 8.74. The number of nitrogen functional groups attached to an aromatic ring is 1. The van der Waals surface area contributed by atoms with Crippen LogP contribution in [0, 0.1) is 6.92 Å². The van der Waals surface area contributed by atoms with Gasteiger partial charge in [0.1, 0.15) is 0 Å². The van der Waals surface area contributed by atoms with E-state index < -0.39 is 0 Å². The van der Waals surface area contributed by atoms with E-state index in [0.29, 0.717) is 17.4 Å². The number of carbonyl (C=O) groups is 1. The number of rotatable bonds is 5. The Bertz CT molecular complexity index is 611. The van der Waals surface area contributed by atoms with Gasteiger partial charge in [-0.05, 0) is 31.5 Å². The van der Waals surface area contributed by atoms with Gasteiger partial charge in [0.25, 0.3) is 0 Å². The number of esters is 1. The van der Waals surface area contributed by atoms with Crippen LogP contribution >= 0.6 is 23.1 Å². The van der Waals surface area contributed by atoms with E-state index in [0.717, 1.165) is 16.3 Å². The van der Waals surface area contributed by atoms with Crippen molar-refractivity contribution in [1.82, 2.24) is 4.98 Å². The zero-order valence-electron chi connectivity index (χ0n) is 11.4. The molecule has 4 nitrogen and oxygen atoms in total. The number of anilines is 1. The average molecular weight is 308 g/mol. The van der Waals surface area contributed by atoms with Crippen LogP contribution in [0.25, 0.3) is 0 Å². The molecule has 20 heavy (non-hydrogen) atoms. The molecule has 0 saturated heterocycles. The van der Waals surface area contributed by atoms with Crippen molar-refractivity contribution in [1.29, 1.82) is 0 Å². The Kier molecular flexibility index (Phi) is 5.03. The molecule has 1 heterocycles. The Labute approximate surface area is 126 Å². The van der Waals surface area contributed by atoms with Gasteiger partial charge in [0.05, 0.1) is 12.3 Å². The fraction of sp³-hybridized carbons (Fsp3) is 0.286. The molecule has 0 aliphatic rings. The molecule has 0 atom stereocenters. The van der Waals surface area contributed by atoms with E-state index in [1.807, 2.05) is 24.4 Å². The van der Waals surface area contributed by atoms with Crippen LogP contribution < -0.4 is 5.73 Å². The average Bonchev–Trinajstić information content (AvgIpc) is 2.89. The lowest BCUT2D eigenvalue weighted by Crippen LogP contribution is -2.04. The number of aryl methyl sites for hydroxylation is 1. The first kappa shape index (κ1) is 14.9. The molecule has 0 saturated carbocycles. The summed E-state index contributed by atoms with van der Waals surface area (Å²) in [6.07, 6.45) is 0. The maximum absolute atomic E-state index is 11.5. The number of ether oxygens (including phenoxy) is 1. The van der Waals surface area contributed by atoms with E-state index in [1.54, 1.807) is 18.7 Å². The van der Waals surface area contributed by atoms with Crippen molar-refractivity contribution in [3.05, 3.63) is 39.8 Å². The molecule has 0 fully saturated rings. The number of thioether (sulfide) groups is 1. The SMILES string of the molecule is CCOC(=O)c1nc(CSc2cc(C)ccc2N)cs1. The van der Waals surface area contributed by atoms with Gasteiger partial charge in [-0.25, -0.2) is 9.78 Å². The molecule has 0 spiro atoms. The Morgan fingerprint density at radius 1 is 1.50 bits per heavy atom. The van der Waals surface area contributed by atoms with Crippen molar-refractivity contribution in [2.45, 2.75) is 24.5 Å². The Hall–Kier alpha value is -1.53. The summed E-state index contributed by atoms with van der Waals surface area (Å²) in [6.45, 7) is 4.18. The summed E-state index contributed by atoms with van der Waals surface area (Å²) in [7, 11) is 0.